The van der Waals surface area contributed by atoms with Crippen LogP contribution in [0.1, 0.15) is 26.5 Å². The Morgan fingerprint density at radius 2 is 2.00 bits per heavy atom. The summed E-state index contributed by atoms with van der Waals surface area (Å²) in [5.74, 6) is -0.705. The molecule has 180 valence electrons. The Morgan fingerprint density at radius 3 is 2.65 bits per heavy atom. The predicted octanol–water partition coefficient (Wildman–Crippen LogP) is 3.04. The number of nitrogens with one attached hydrogen (secondary N) is 1. The molecule has 0 aliphatic rings. The maximum absolute atomic E-state index is 13.6. The summed E-state index contributed by atoms with van der Waals surface area (Å²) in [6, 6.07) is 9.67. The number of rotatable bonds is 7. The molecule has 3 N–H and O–H groups in total. The number of guanidine groups is 1. The van der Waals surface area contributed by atoms with Crippen molar-refractivity contribution in [3.8, 4) is 0 Å². The maximum Gasteiger partial charge on any atom is 0.321 e. The third-order valence-corrected chi connectivity index (χ3v) is 6.48. The fourth-order valence-electron chi connectivity index (χ4n) is 3.14. The van der Waals surface area contributed by atoms with E-state index in [9.17, 15) is 13.2 Å². The number of carbonyl (C=O) groups is 1. The molecular formula is C22H25ClN6O4S. The molecule has 0 radical (unpaired) electrons. The van der Waals surface area contributed by atoms with E-state index >= 15 is 0 Å². The van der Waals surface area contributed by atoms with Crippen molar-refractivity contribution in [2.45, 2.75) is 37.8 Å². The van der Waals surface area contributed by atoms with Gasteiger partial charge in [-0.15, -0.1) is 4.51 Å². The molecule has 0 bridgehead atoms. The van der Waals surface area contributed by atoms with Crippen molar-refractivity contribution < 1.29 is 17.9 Å². The highest BCUT2D eigenvalue weighted by Crippen LogP contribution is 2.27. The molecule has 0 amide bonds. The molecule has 0 spiro atoms. The summed E-state index contributed by atoms with van der Waals surface area (Å²) >= 11 is 5.37. The lowest BCUT2D eigenvalue weighted by Gasteiger charge is -2.25. The second-order valence-corrected chi connectivity index (χ2v) is 10.5. The van der Waals surface area contributed by atoms with Crippen molar-refractivity contribution in [1.82, 2.24) is 14.3 Å². The number of benzene rings is 1. The van der Waals surface area contributed by atoms with Crippen LogP contribution in [0.2, 0.25) is 0 Å². The number of esters is 1. The Balaban J connectivity index is 1.99. The molecule has 3 rings (SSSR count). The zero-order valence-electron chi connectivity index (χ0n) is 18.9. The van der Waals surface area contributed by atoms with Crippen LogP contribution in [0, 0.1) is 0 Å². The smallest absolute Gasteiger partial charge is 0.321 e. The number of aromatic nitrogens is 2. The fourth-order valence-corrected chi connectivity index (χ4v) is 4.57. The molecule has 12 heteroatoms. The number of nitrogens with two attached hydrogens (primary N) is 1. The molecule has 10 nitrogen and oxygen atoms in total. The minimum Gasteiger partial charge on any atom is -0.459 e. The van der Waals surface area contributed by atoms with E-state index in [0.717, 1.165) is 4.31 Å². The second-order valence-electron chi connectivity index (χ2n) is 8.35. The van der Waals surface area contributed by atoms with E-state index in [2.05, 4.69) is 19.8 Å². The van der Waals surface area contributed by atoms with Crippen LogP contribution in [0.4, 0.5) is 5.69 Å². The first kappa shape index (κ1) is 25.3. The molecule has 2 heterocycles. The number of ether oxygens (including phenoxy) is 1. The second kappa shape index (κ2) is 10.3. The minimum atomic E-state index is -4.11. The van der Waals surface area contributed by atoms with E-state index < -0.39 is 28.1 Å². The molecule has 0 aliphatic heterocycles. The van der Waals surface area contributed by atoms with Gasteiger partial charge in [0.15, 0.2) is 0 Å². The molecule has 0 aliphatic carbocycles. The van der Waals surface area contributed by atoms with Crippen molar-refractivity contribution in [2.75, 3.05) is 11.9 Å². The van der Waals surface area contributed by atoms with Gasteiger partial charge >= 0.3 is 5.97 Å². The summed E-state index contributed by atoms with van der Waals surface area (Å²) in [6.45, 7) is 4.56. The Morgan fingerprint density at radius 1 is 1.24 bits per heavy atom. The molecule has 0 unspecified atom stereocenters. The van der Waals surface area contributed by atoms with Gasteiger partial charge in [0, 0.05) is 34.9 Å². The van der Waals surface area contributed by atoms with Gasteiger partial charge in [-0.3, -0.25) is 14.8 Å². The van der Waals surface area contributed by atoms with Crippen LogP contribution >= 0.6 is 11.8 Å². The summed E-state index contributed by atoms with van der Waals surface area (Å²) < 4.78 is 36.9. The number of anilines is 1. The van der Waals surface area contributed by atoms with Crippen molar-refractivity contribution >= 4 is 50.2 Å². The van der Waals surface area contributed by atoms with E-state index in [1.165, 1.54) is 24.5 Å². The van der Waals surface area contributed by atoms with E-state index in [1.54, 1.807) is 51.2 Å². The summed E-state index contributed by atoms with van der Waals surface area (Å²) in [7, 11) is -4.11. The highest BCUT2D eigenvalue weighted by molar-refractivity contribution is 7.89. The Labute approximate surface area is 203 Å². The van der Waals surface area contributed by atoms with E-state index in [4.69, 9.17) is 22.2 Å². The third-order valence-electron chi connectivity index (χ3n) is 4.51. The number of nitrogens with zero attached hydrogens (tertiary/aromatic N) is 4. The highest BCUT2D eigenvalue weighted by Gasteiger charge is 2.29. The van der Waals surface area contributed by atoms with Gasteiger partial charge in [0.25, 0.3) is 0 Å². The van der Waals surface area contributed by atoms with Crippen LogP contribution in [0.3, 0.4) is 0 Å². The third kappa shape index (κ3) is 6.40. The van der Waals surface area contributed by atoms with Gasteiger partial charge in [-0.1, -0.05) is 12.1 Å². The van der Waals surface area contributed by atoms with Gasteiger partial charge in [-0.25, -0.2) is 8.42 Å². The van der Waals surface area contributed by atoms with Crippen LogP contribution in [-0.4, -0.2) is 46.8 Å². The van der Waals surface area contributed by atoms with Gasteiger partial charge in [0.1, 0.15) is 12.1 Å². The largest absolute Gasteiger partial charge is 0.459 e. The zero-order chi connectivity index (χ0) is 24.9. The number of sulfonamides is 1. The van der Waals surface area contributed by atoms with Crippen molar-refractivity contribution in [3.05, 3.63) is 60.7 Å². The van der Waals surface area contributed by atoms with E-state index in [-0.39, 0.29) is 17.4 Å². The molecule has 3 aromatic rings. The zero-order valence-corrected chi connectivity index (χ0v) is 20.5. The number of halogens is 1. The fraction of sp³-hybridized carbons (Fsp3) is 0.273. The highest BCUT2D eigenvalue weighted by atomic mass is 35.5. The first-order valence-corrected chi connectivity index (χ1v) is 12.0. The van der Waals surface area contributed by atoms with Gasteiger partial charge in [-0.05, 0) is 45.0 Å². The lowest BCUT2D eigenvalue weighted by atomic mass is 10.1. The molecule has 0 saturated carbocycles. The Kier molecular flexibility index (Phi) is 7.70. The summed E-state index contributed by atoms with van der Waals surface area (Å²) in [4.78, 5) is 20.8. The molecule has 0 fully saturated rings. The van der Waals surface area contributed by atoms with Gasteiger partial charge < -0.3 is 15.8 Å². The van der Waals surface area contributed by atoms with Crippen LogP contribution in [0.25, 0.3) is 10.8 Å². The van der Waals surface area contributed by atoms with Crippen molar-refractivity contribution in [2.24, 2.45) is 10.2 Å². The average Bonchev–Trinajstić information content (AvgIpc) is 2.77. The standard InChI is InChI=1S/C22H25ClN6O4S/c1-22(2,3)33-20(30)14-29(13-16-6-4-5-9-26-16)34(31,32)17-7-8-18-15(10-17)11-25-12-19(18)27-21(24)28-23/h4-12H,13-14H2,1-3H3,(H3,24,27,28). The quantitative estimate of drug-likeness (QED) is 0.284. The SMILES string of the molecule is CC(C)(C)OC(=O)CN(Cc1ccccn1)S(=O)(=O)c1ccc2c(NC(N)=NCl)cncc2c1. The number of carbonyl (C=O) groups excluding carboxylic acids is 1. The lowest BCUT2D eigenvalue weighted by molar-refractivity contribution is -0.155. The average molecular weight is 505 g/mol. The molecule has 0 atom stereocenters. The van der Waals surface area contributed by atoms with Crippen molar-refractivity contribution in [1.29, 1.82) is 0 Å². The van der Waals surface area contributed by atoms with Gasteiger partial charge in [-0.2, -0.15) is 4.31 Å². The molecular weight excluding hydrogens is 480 g/mol. The predicted molar refractivity (Wildman–Crippen MR) is 131 cm³/mol. The molecule has 34 heavy (non-hydrogen) atoms. The normalized spacial score (nSPS) is 12.7. The number of fused-ring (bicyclic) bond motifs is 1. The monoisotopic (exact) mass is 504 g/mol. The number of hydrogen-bond acceptors (Lipinski definition) is 7. The molecule has 0 saturated heterocycles. The summed E-state index contributed by atoms with van der Waals surface area (Å²) in [5, 5.41) is 3.98. The first-order valence-electron chi connectivity index (χ1n) is 10.2. The first-order chi connectivity index (χ1) is 16.0. The summed E-state index contributed by atoms with van der Waals surface area (Å²) in [5.41, 5.74) is 5.85. The van der Waals surface area contributed by atoms with Gasteiger partial charge in [0.2, 0.25) is 16.0 Å². The Bertz CT molecular complexity index is 1310. The van der Waals surface area contributed by atoms with E-state index in [1.807, 2.05) is 0 Å². The minimum absolute atomic E-state index is 0.0163. The van der Waals surface area contributed by atoms with Crippen LogP contribution < -0.4 is 11.1 Å². The molecule has 1 aromatic carbocycles. The molecule has 2 aromatic heterocycles. The maximum atomic E-state index is 13.6. The van der Waals surface area contributed by atoms with Crippen LogP contribution in [-0.2, 0) is 26.1 Å². The topological polar surface area (TPSA) is 140 Å². The van der Waals surface area contributed by atoms with Crippen molar-refractivity contribution in [3.63, 3.8) is 0 Å². The Hall–Kier alpha value is -3.28. The lowest BCUT2D eigenvalue weighted by Crippen LogP contribution is -2.38. The van der Waals surface area contributed by atoms with Crippen LogP contribution in [0.15, 0.2) is 64.4 Å². The number of pyridine rings is 2. The summed E-state index contributed by atoms with van der Waals surface area (Å²) in [6.07, 6.45) is 4.59. The number of hydrogen-bond donors (Lipinski definition) is 2. The van der Waals surface area contributed by atoms with Crippen LogP contribution in [0.5, 0.6) is 0 Å². The van der Waals surface area contributed by atoms with Gasteiger partial charge in [0.05, 0.1) is 29.0 Å². The van der Waals surface area contributed by atoms with E-state index in [0.29, 0.717) is 22.2 Å².